The van der Waals surface area contributed by atoms with E-state index in [4.69, 9.17) is 9.47 Å². The fraction of sp³-hybridized carbons (Fsp3) is 0.462. The van der Waals surface area contributed by atoms with Gasteiger partial charge in [-0.25, -0.2) is 0 Å². The number of piperidine rings is 1. The number of ether oxygens (including phenoxy) is 2. The van der Waals surface area contributed by atoms with E-state index in [-0.39, 0.29) is 18.1 Å². The summed E-state index contributed by atoms with van der Waals surface area (Å²) in [5.74, 6) is 1.40. The minimum absolute atomic E-state index is 0.0263. The molecule has 0 saturated carbocycles. The van der Waals surface area contributed by atoms with Gasteiger partial charge in [-0.15, -0.1) is 0 Å². The summed E-state index contributed by atoms with van der Waals surface area (Å²) in [6.45, 7) is 6.99. The zero-order valence-electron chi connectivity index (χ0n) is 19.7. The number of methoxy groups -OCH3 is 1. The maximum atomic E-state index is 12.7. The number of nitrogens with zero attached hydrogens (tertiary/aromatic N) is 3. The fourth-order valence-corrected chi connectivity index (χ4v) is 3.95. The third-order valence-corrected chi connectivity index (χ3v) is 5.83. The molecule has 1 amide bonds. The molecule has 0 unspecified atom stereocenters. The summed E-state index contributed by atoms with van der Waals surface area (Å²) in [4.78, 5) is 21.5. The van der Waals surface area contributed by atoms with Gasteiger partial charge < -0.3 is 19.3 Å². The molecule has 2 heterocycles. The van der Waals surface area contributed by atoms with Crippen LogP contribution in [0.2, 0.25) is 0 Å². The Morgan fingerprint density at radius 2 is 2.00 bits per heavy atom. The van der Waals surface area contributed by atoms with Crippen molar-refractivity contribution in [3.05, 3.63) is 59.9 Å². The van der Waals surface area contributed by atoms with Crippen LogP contribution in [0.3, 0.4) is 0 Å². The Balaban J connectivity index is 1.49. The number of hydrogen-bond donors (Lipinski definition) is 0. The van der Waals surface area contributed by atoms with Gasteiger partial charge in [-0.2, -0.15) is 0 Å². The van der Waals surface area contributed by atoms with Crippen LogP contribution in [0.25, 0.3) is 6.08 Å². The smallest absolute Gasteiger partial charge is 0.246 e. The molecule has 0 N–H and O–H groups in total. The molecule has 2 aromatic rings. The fourth-order valence-electron chi connectivity index (χ4n) is 3.95. The van der Waals surface area contributed by atoms with Gasteiger partial charge in [-0.3, -0.25) is 9.78 Å². The molecule has 1 saturated heterocycles. The first-order valence-corrected chi connectivity index (χ1v) is 11.4. The number of benzene rings is 1. The monoisotopic (exact) mass is 437 g/mol. The Morgan fingerprint density at radius 1 is 1.22 bits per heavy atom. The van der Waals surface area contributed by atoms with Gasteiger partial charge in [0, 0.05) is 57.1 Å². The number of likely N-dealkylation sites (N-methyl/N-ethyl adjacent to an activating group) is 1. The molecule has 1 fully saturated rings. The largest absolute Gasteiger partial charge is 0.493 e. The summed E-state index contributed by atoms with van der Waals surface area (Å²) in [7, 11) is 3.53. The molecule has 3 rings (SSSR count). The lowest BCUT2D eigenvalue weighted by molar-refractivity contribution is -0.127. The molecule has 0 aliphatic carbocycles. The van der Waals surface area contributed by atoms with Crippen molar-refractivity contribution in [3.63, 3.8) is 0 Å². The van der Waals surface area contributed by atoms with Gasteiger partial charge in [0.15, 0.2) is 11.5 Å². The Hall–Kier alpha value is -2.86. The summed E-state index contributed by atoms with van der Waals surface area (Å²) in [5.41, 5.74) is 2.04. The van der Waals surface area contributed by atoms with E-state index in [2.05, 4.69) is 16.0 Å². The van der Waals surface area contributed by atoms with Crippen molar-refractivity contribution in [1.82, 2.24) is 14.8 Å². The van der Waals surface area contributed by atoms with Crippen LogP contribution in [0.5, 0.6) is 11.5 Å². The number of carbonyl (C=O) groups is 1. The highest BCUT2D eigenvalue weighted by Crippen LogP contribution is 2.29. The minimum Gasteiger partial charge on any atom is -0.493 e. The lowest BCUT2D eigenvalue weighted by atomic mass is 10.0. The van der Waals surface area contributed by atoms with Crippen molar-refractivity contribution in [2.45, 2.75) is 45.3 Å². The highest BCUT2D eigenvalue weighted by atomic mass is 16.5. The van der Waals surface area contributed by atoms with Crippen LogP contribution < -0.4 is 9.47 Å². The highest BCUT2D eigenvalue weighted by molar-refractivity contribution is 5.91. The normalized spacial score (nSPS) is 15.3. The molecule has 1 aromatic heterocycles. The van der Waals surface area contributed by atoms with Gasteiger partial charge in [-0.05, 0) is 62.6 Å². The predicted molar refractivity (Wildman–Crippen MR) is 128 cm³/mol. The van der Waals surface area contributed by atoms with Crippen LogP contribution in [0.4, 0.5) is 0 Å². The summed E-state index contributed by atoms with van der Waals surface area (Å²) in [6, 6.07) is 12.0. The lowest BCUT2D eigenvalue weighted by Crippen LogP contribution is -2.45. The quantitative estimate of drug-likeness (QED) is 0.554. The topological polar surface area (TPSA) is 54.9 Å². The minimum atomic E-state index is 0.0263. The zero-order chi connectivity index (χ0) is 22.9. The Morgan fingerprint density at radius 3 is 2.66 bits per heavy atom. The molecule has 32 heavy (non-hydrogen) atoms. The number of hydrogen-bond acceptors (Lipinski definition) is 5. The second-order valence-electron chi connectivity index (χ2n) is 8.50. The standard InChI is InChI=1S/C26H35N3O3/c1-20(2)32-24-10-8-21(19-25(24)31-4)9-11-26(30)28(3)23-13-17-29(18-14-23)16-12-22-7-5-6-15-27-22/h5-11,15,19-20,23H,12-14,16-18H2,1-4H3/b11-9+. The summed E-state index contributed by atoms with van der Waals surface area (Å²) in [6.07, 6.45) is 8.35. The predicted octanol–water partition coefficient (Wildman–Crippen LogP) is 4.06. The second kappa shape index (κ2) is 11.7. The number of carbonyl (C=O) groups excluding carboxylic acids is 1. The van der Waals surface area contributed by atoms with Crippen LogP contribution in [0.1, 0.15) is 37.9 Å². The molecular formula is C26H35N3O3. The first kappa shape index (κ1) is 23.8. The van der Waals surface area contributed by atoms with E-state index in [1.807, 2.05) is 68.4 Å². The molecule has 0 radical (unpaired) electrons. The Bertz CT molecular complexity index is 890. The van der Waals surface area contributed by atoms with E-state index in [9.17, 15) is 4.79 Å². The van der Waals surface area contributed by atoms with Crippen molar-refractivity contribution in [2.24, 2.45) is 0 Å². The molecule has 172 valence electrons. The van der Waals surface area contributed by atoms with Crippen molar-refractivity contribution < 1.29 is 14.3 Å². The van der Waals surface area contributed by atoms with E-state index in [1.165, 1.54) is 0 Å². The Labute approximate surface area is 191 Å². The summed E-state index contributed by atoms with van der Waals surface area (Å²) < 4.78 is 11.2. The average Bonchev–Trinajstić information content (AvgIpc) is 2.82. The maximum Gasteiger partial charge on any atom is 0.246 e. The number of pyridine rings is 1. The van der Waals surface area contributed by atoms with Crippen LogP contribution in [-0.4, -0.2) is 66.6 Å². The van der Waals surface area contributed by atoms with Gasteiger partial charge in [-0.1, -0.05) is 12.1 Å². The van der Waals surface area contributed by atoms with Gasteiger partial charge in [0.25, 0.3) is 0 Å². The van der Waals surface area contributed by atoms with Crippen molar-refractivity contribution in [1.29, 1.82) is 0 Å². The summed E-state index contributed by atoms with van der Waals surface area (Å²) in [5, 5.41) is 0. The van der Waals surface area contributed by atoms with Crippen LogP contribution >= 0.6 is 0 Å². The lowest BCUT2D eigenvalue weighted by Gasteiger charge is -2.36. The van der Waals surface area contributed by atoms with E-state index in [0.29, 0.717) is 11.5 Å². The molecule has 1 aromatic carbocycles. The van der Waals surface area contributed by atoms with Crippen LogP contribution in [0.15, 0.2) is 48.7 Å². The molecule has 0 bridgehead atoms. The van der Waals surface area contributed by atoms with Gasteiger partial charge in [0.2, 0.25) is 5.91 Å². The molecular weight excluding hydrogens is 402 g/mol. The van der Waals surface area contributed by atoms with Gasteiger partial charge in [0.1, 0.15) is 0 Å². The Kier molecular flexibility index (Phi) is 8.68. The van der Waals surface area contributed by atoms with E-state index in [0.717, 1.165) is 50.2 Å². The van der Waals surface area contributed by atoms with Crippen molar-refractivity contribution in [3.8, 4) is 11.5 Å². The van der Waals surface area contributed by atoms with E-state index >= 15 is 0 Å². The second-order valence-corrected chi connectivity index (χ2v) is 8.50. The third kappa shape index (κ3) is 6.82. The third-order valence-electron chi connectivity index (χ3n) is 5.83. The molecule has 1 aliphatic rings. The first-order valence-electron chi connectivity index (χ1n) is 11.4. The number of likely N-dealkylation sites (tertiary alicyclic amines) is 1. The van der Waals surface area contributed by atoms with Gasteiger partial charge in [0.05, 0.1) is 13.2 Å². The number of aromatic nitrogens is 1. The molecule has 0 atom stereocenters. The molecule has 6 nitrogen and oxygen atoms in total. The van der Waals surface area contributed by atoms with E-state index in [1.54, 1.807) is 13.2 Å². The maximum absolute atomic E-state index is 12.7. The molecule has 1 aliphatic heterocycles. The van der Waals surface area contributed by atoms with Gasteiger partial charge >= 0.3 is 0 Å². The SMILES string of the molecule is COc1cc(/C=C/C(=O)N(C)C2CCN(CCc3ccccn3)CC2)ccc1OC(C)C. The van der Waals surface area contributed by atoms with Crippen LogP contribution in [0, 0.1) is 0 Å². The summed E-state index contributed by atoms with van der Waals surface area (Å²) >= 11 is 0. The number of rotatable bonds is 9. The zero-order valence-corrected chi connectivity index (χ0v) is 19.7. The van der Waals surface area contributed by atoms with Crippen molar-refractivity contribution in [2.75, 3.05) is 33.8 Å². The average molecular weight is 438 g/mol. The van der Waals surface area contributed by atoms with Crippen molar-refractivity contribution >= 4 is 12.0 Å². The van der Waals surface area contributed by atoms with Crippen LogP contribution in [-0.2, 0) is 11.2 Å². The molecule has 0 spiro atoms. The molecule has 6 heteroatoms. The van der Waals surface area contributed by atoms with E-state index < -0.39 is 0 Å². The highest BCUT2D eigenvalue weighted by Gasteiger charge is 2.24. The number of amides is 1. The first-order chi connectivity index (χ1) is 15.5.